The van der Waals surface area contributed by atoms with Crippen LogP contribution in [0.4, 0.5) is 0 Å². The Balaban J connectivity index is 1.94. The lowest BCUT2D eigenvalue weighted by Crippen LogP contribution is -2.17. The van der Waals surface area contributed by atoms with Crippen LogP contribution in [0.1, 0.15) is 19.3 Å². The van der Waals surface area contributed by atoms with Crippen molar-refractivity contribution in [2.24, 2.45) is 11.1 Å². The van der Waals surface area contributed by atoms with Crippen LogP contribution in [-0.2, 0) is 0 Å². The summed E-state index contributed by atoms with van der Waals surface area (Å²) < 4.78 is 11.1. The van der Waals surface area contributed by atoms with Gasteiger partial charge in [-0.25, -0.2) is 0 Å². The van der Waals surface area contributed by atoms with E-state index >= 15 is 0 Å². The maximum atomic E-state index is 5.83. The summed E-state index contributed by atoms with van der Waals surface area (Å²) in [6, 6.07) is 7.76. The number of para-hydroxylation sites is 2. The number of benzene rings is 1. The van der Waals surface area contributed by atoms with Gasteiger partial charge in [-0.15, -0.1) is 0 Å². The van der Waals surface area contributed by atoms with E-state index in [-0.39, 0.29) is 0 Å². The minimum atomic E-state index is 0.343. The lowest BCUT2D eigenvalue weighted by Gasteiger charge is -2.16. The molecule has 1 aromatic rings. The van der Waals surface area contributed by atoms with Crippen molar-refractivity contribution in [2.75, 3.05) is 20.3 Å². The third-order valence-corrected chi connectivity index (χ3v) is 3.23. The van der Waals surface area contributed by atoms with E-state index in [4.69, 9.17) is 15.2 Å². The minimum absolute atomic E-state index is 0.343. The van der Waals surface area contributed by atoms with Crippen LogP contribution in [0.5, 0.6) is 11.5 Å². The summed E-state index contributed by atoms with van der Waals surface area (Å²) >= 11 is 0. The average molecular weight is 221 g/mol. The molecule has 2 N–H and O–H groups in total. The minimum Gasteiger partial charge on any atom is -0.493 e. The predicted octanol–water partition coefficient (Wildman–Crippen LogP) is 2.20. The standard InChI is InChI=1S/C13H19NO2/c1-15-11-4-2-3-5-12(11)16-10-13(6-7-13)8-9-14/h2-5H,6-10,14H2,1H3. The maximum Gasteiger partial charge on any atom is 0.161 e. The molecular weight excluding hydrogens is 202 g/mol. The van der Waals surface area contributed by atoms with Gasteiger partial charge in [0.05, 0.1) is 13.7 Å². The highest BCUT2D eigenvalue weighted by molar-refractivity contribution is 5.39. The van der Waals surface area contributed by atoms with E-state index in [0.717, 1.165) is 31.1 Å². The number of hydrogen-bond acceptors (Lipinski definition) is 3. The van der Waals surface area contributed by atoms with E-state index in [1.165, 1.54) is 12.8 Å². The van der Waals surface area contributed by atoms with Gasteiger partial charge in [0.15, 0.2) is 11.5 Å². The van der Waals surface area contributed by atoms with Crippen LogP contribution < -0.4 is 15.2 Å². The largest absolute Gasteiger partial charge is 0.493 e. The van der Waals surface area contributed by atoms with Crippen LogP contribution in [0.3, 0.4) is 0 Å². The molecule has 3 heteroatoms. The molecule has 0 amide bonds. The molecule has 0 aliphatic heterocycles. The Kier molecular flexibility index (Phi) is 3.34. The molecule has 0 bridgehead atoms. The molecule has 1 aliphatic carbocycles. The van der Waals surface area contributed by atoms with Crippen LogP contribution in [0.2, 0.25) is 0 Å². The second kappa shape index (κ2) is 4.74. The summed E-state index contributed by atoms with van der Waals surface area (Å²) in [5.41, 5.74) is 5.94. The topological polar surface area (TPSA) is 44.5 Å². The zero-order valence-corrected chi connectivity index (χ0v) is 9.74. The summed E-state index contributed by atoms with van der Waals surface area (Å²) in [7, 11) is 1.66. The summed E-state index contributed by atoms with van der Waals surface area (Å²) in [6.45, 7) is 1.50. The van der Waals surface area contributed by atoms with Gasteiger partial charge in [0.1, 0.15) is 0 Å². The van der Waals surface area contributed by atoms with Crippen LogP contribution >= 0.6 is 0 Å². The maximum absolute atomic E-state index is 5.83. The van der Waals surface area contributed by atoms with Crippen LogP contribution in [-0.4, -0.2) is 20.3 Å². The van der Waals surface area contributed by atoms with E-state index in [9.17, 15) is 0 Å². The van der Waals surface area contributed by atoms with Crippen molar-refractivity contribution in [3.05, 3.63) is 24.3 Å². The lowest BCUT2D eigenvalue weighted by atomic mass is 10.0. The lowest BCUT2D eigenvalue weighted by molar-refractivity contribution is 0.218. The Morgan fingerprint density at radius 1 is 1.25 bits per heavy atom. The van der Waals surface area contributed by atoms with Crippen LogP contribution in [0.15, 0.2) is 24.3 Å². The van der Waals surface area contributed by atoms with E-state index in [1.807, 2.05) is 24.3 Å². The van der Waals surface area contributed by atoms with Gasteiger partial charge in [-0.1, -0.05) is 12.1 Å². The molecule has 88 valence electrons. The number of nitrogens with two attached hydrogens (primary N) is 1. The molecule has 0 atom stereocenters. The van der Waals surface area contributed by atoms with Crippen molar-refractivity contribution in [2.45, 2.75) is 19.3 Å². The Bertz CT molecular complexity index is 348. The highest BCUT2D eigenvalue weighted by atomic mass is 16.5. The average Bonchev–Trinajstić information content (AvgIpc) is 3.08. The highest BCUT2D eigenvalue weighted by Crippen LogP contribution is 2.48. The molecule has 0 heterocycles. The summed E-state index contributed by atoms with van der Waals surface area (Å²) in [5.74, 6) is 1.62. The van der Waals surface area contributed by atoms with Gasteiger partial charge in [0, 0.05) is 5.41 Å². The van der Waals surface area contributed by atoms with Crippen molar-refractivity contribution >= 4 is 0 Å². The van der Waals surface area contributed by atoms with Crippen molar-refractivity contribution in [3.63, 3.8) is 0 Å². The molecule has 1 fully saturated rings. The van der Waals surface area contributed by atoms with Crippen molar-refractivity contribution in [1.82, 2.24) is 0 Å². The first-order chi connectivity index (χ1) is 7.79. The number of ether oxygens (including phenoxy) is 2. The summed E-state index contributed by atoms with van der Waals surface area (Å²) in [6.07, 6.45) is 3.53. The normalized spacial score (nSPS) is 16.9. The second-order valence-corrected chi connectivity index (χ2v) is 4.48. The molecule has 3 nitrogen and oxygen atoms in total. The fourth-order valence-electron chi connectivity index (χ4n) is 1.92. The first-order valence-corrected chi connectivity index (χ1v) is 5.75. The molecule has 0 unspecified atom stereocenters. The molecule has 1 aromatic carbocycles. The Labute approximate surface area is 96.5 Å². The smallest absolute Gasteiger partial charge is 0.161 e. The number of methoxy groups -OCH3 is 1. The molecule has 0 spiro atoms. The molecule has 16 heavy (non-hydrogen) atoms. The Hall–Kier alpha value is -1.22. The molecule has 0 saturated heterocycles. The number of hydrogen-bond donors (Lipinski definition) is 1. The quantitative estimate of drug-likeness (QED) is 0.801. The SMILES string of the molecule is COc1ccccc1OCC1(CCN)CC1. The van der Waals surface area contributed by atoms with Gasteiger partial charge in [0.25, 0.3) is 0 Å². The molecule has 0 aromatic heterocycles. The fraction of sp³-hybridized carbons (Fsp3) is 0.538. The Morgan fingerprint density at radius 2 is 1.94 bits per heavy atom. The van der Waals surface area contributed by atoms with Crippen molar-refractivity contribution in [1.29, 1.82) is 0 Å². The predicted molar refractivity (Wildman–Crippen MR) is 63.8 cm³/mol. The highest BCUT2D eigenvalue weighted by Gasteiger charge is 2.42. The first-order valence-electron chi connectivity index (χ1n) is 5.75. The zero-order valence-electron chi connectivity index (χ0n) is 9.74. The Morgan fingerprint density at radius 3 is 2.50 bits per heavy atom. The first kappa shape index (κ1) is 11.3. The van der Waals surface area contributed by atoms with Gasteiger partial charge >= 0.3 is 0 Å². The van der Waals surface area contributed by atoms with E-state index in [2.05, 4.69) is 0 Å². The van der Waals surface area contributed by atoms with Crippen LogP contribution in [0, 0.1) is 5.41 Å². The molecular formula is C13H19NO2. The van der Waals surface area contributed by atoms with Gasteiger partial charge < -0.3 is 15.2 Å². The van der Waals surface area contributed by atoms with Crippen molar-refractivity contribution in [3.8, 4) is 11.5 Å². The third-order valence-electron chi connectivity index (χ3n) is 3.23. The third kappa shape index (κ3) is 2.47. The summed E-state index contributed by atoms with van der Waals surface area (Å²) in [4.78, 5) is 0. The fourth-order valence-corrected chi connectivity index (χ4v) is 1.92. The molecule has 0 radical (unpaired) electrons. The van der Waals surface area contributed by atoms with Crippen molar-refractivity contribution < 1.29 is 9.47 Å². The van der Waals surface area contributed by atoms with E-state index in [0.29, 0.717) is 5.41 Å². The van der Waals surface area contributed by atoms with Crippen LogP contribution in [0.25, 0.3) is 0 Å². The second-order valence-electron chi connectivity index (χ2n) is 4.48. The number of rotatable bonds is 6. The van der Waals surface area contributed by atoms with Gasteiger partial charge in [-0.05, 0) is 37.9 Å². The van der Waals surface area contributed by atoms with E-state index < -0.39 is 0 Å². The van der Waals surface area contributed by atoms with Gasteiger partial charge in [0.2, 0.25) is 0 Å². The van der Waals surface area contributed by atoms with Gasteiger partial charge in [-0.2, -0.15) is 0 Å². The summed E-state index contributed by atoms with van der Waals surface area (Å²) in [5, 5.41) is 0. The van der Waals surface area contributed by atoms with E-state index in [1.54, 1.807) is 7.11 Å². The zero-order chi connectivity index (χ0) is 11.4. The monoisotopic (exact) mass is 221 g/mol. The molecule has 1 aliphatic rings. The molecule has 1 saturated carbocycles. The van der Waals surface area contributed by atoms with Gasteiger partial charge in [-0.3, -0.25) is 0 Å². The molecule has 2 rings (SSSR count).